The zero-order valence-electron chi connectivity index (χ0n) is 12.4. The molecule has 1 N–H and O–H groups in total. The second-order valence-corrected chi connectivity index (χ2v) is 8.27. The molecular weight excluding hydrogens is 266 g/mol. The van der Waals surface area contributed by atoms with E-state index in [9.17, 15) is 0 Å². The number of thiazole rings is 1. The van der Waals surface area contributed by atoms with Crippen molar-refractivity contribution in [3.05, 3.63) is 16.6 Å². The van der Waals surface area contributed by atoms with Crippen LogP contribution in [0.5, 0.6) is 0 Å². The van der Waals surface area contributed by atoms with Crippen LogP contribution in [-0.2, 0) is 6.54 Å². The minimum atomic E-state index is 0.359. The van der Waals surface area contributed by atoms with Crippen molar-refractivity contribution in [1.29, 1.82) is 0 Å². The van der Waals surface area contributed by atoms with Gasteiger partial charge in [-0.25, -0.2) is 0 Å². The van der Waals surface area contributed by atoms with Gasteiger partial charge >= 0.3 is 0 Å². The third-order valence-electron chi connectivity index (χ3n) is 5.88. The van der Waals surface area contributed by atoms with E-state index in [0.29, 0.717) is 11.1 Å². The van der Waals surface area contributed by atoms with Gasteiger partial charge in [0, 0.05) is 41.8 Å². The van der Waals surface area contributed by atoms with Crippen LogP contribution >= 0.6 is 11.3 Å². The van der Waals surface area contributed by atoms with Gasteiger partial charge in [-0.1, -0.05) is 12.8 Å². The lowest BCUT2D eigenvalue weighted by atomic mass is 9.83. The number of aromatic nitrogens is 1. The molecule has 20 heavy (non-hydrogen) atoms. The average Bonchev–Trinajstić information content (AvgIpc) is 3.01. The molecule has 3 aliphatic rings. The first-order valence-electron chi connectivity index (χ1n) is 8.08. The van der Waals surface area contributed by atoms with Crippen molar-refractivity contribution >= 4 is 11.3 Å². The van der Waals surface area contributed by atoms with Crippen molar-refractivity contribution in [3.63, 3.8) is 0 Å². The second-order valence-electron chi connectivity index (χ2n) is 7.30. The molecule has 2 heterocycles. The maximum absolute atomic E-state index is 4.26. The minimum absolute atomic E-state index is 0.359. The Labute approximate surface area is 125 Å². The first-order chi connectivity index (χ1) is 9.70. The maximum atomic E-state index is 4.26. The number of hydrogen-bond donors (Lipinski definition) is 1. The quantitative estimate of drug-likeness (QED) is 0.928. The largest absolute Gasteiger partial charge is 0.308 e. The fraction of sp³-hybridized carbons (Fsp3) is 0.812. The van der Waals surface area contributed by atoms with Gasteiger partial charge in [0.05, 0.1) is 5.51 Å². The van der Waals surface area contributed by atoms with Gasteiger partial charge in [0.1, 0.15) is 0 Å². The molecule has 1 unspecified atom stereocenters. The van der Waals surface area contributed by atoms with Gasteiger partial charge in [0.15, 0.2) is 0 Å². The van der Waals surface area contributed by atoms with E-state index in [2.05, 4.69) is 28.3 Å². The topological polar surface area (TPSA) is 28.2 Å². The molecule has 110 valence electrons. The van der Waals surface area contributed by atoms with Crippen LogP contribution in [0.2, 0.25) is 0 Å². The van der Waals surface area contributed by atoms with Crippen LogP contribution in [0, 0.1) is 5.92 Å². The van der Waals surface area contributed by atoms with E-state index in [1.165, 1.54) is 56.5 Å². The molecule has 1 aliphatic heterocycles. The minimum Gasteiger partial charge on any atom is -0.308 e. The van der Waals surface area contributed by atoms with Gasteiger partial charge in [-0.3, -0.25) is 9.88 Å². The molecule has 3 nitrogen and oxygen atoms in total. The Hall–Kier alpha value is -0.450. The summed E-state index contributed by atoms with van der Waals surface area (Å²) in [4.78, 5) is 8.48. The molecule has 1 aromatic rings. The summed E-state index contributed by atoms with van der Waals surface area (Å²) in [5.74, 6) is 0.904. The molecule has 1 saturated heterocycles. The molecule has 2 saturated carbocycles. The van der Waals surface area contributed by atoms with Gasteiger partial charge in [0.25, 0.3) is 0 Å². The molecule has 0 amide bonds. The Balaban J connectivity index is 1.58. The number of nitrogens with one attached hydrogen (secondary N) is 1. The Morgan fingerprint density at radius 2 is 2.20 bits per heavy atom. The summed E-state index contributed by atoms with van der Waals surface area (Å²) in [5, 5.41) is 3.96. The lowest BCUT2D eigenvalue weighted by Crippen LogP contribution is -2.68. The highest BCUT2D eigenvalue weighted by atomic mass is 32.1. The smallest absolute Gasteiger partial charge is 0.0794 e. The molecule has 0 aromatic carbocycles. The van der Waals surface area contributed by atoms with Crippen molar-refractivity contribution < 1.29 is 0 Å². The van der Waals surface area contributed by atoms with Crippen LogP contribution in [0.25, 0.3) is 0 Å². The van der Waals surface area contributed by atoms with E-state index >= 15 is 0 Å². The van der Waals surface area contributed by atoms with E-state index in [1.807, 2.05) is 16.8 Å². The summed E-state index contributed by atoms with van der Waals surface area (Å²) in [6, 6.07) is 0. The summed E-state index contributed by atoms with van der Waals surface area (Å²) in [6.45, 7) is 6.00. The first kappa shape index (κ1) is 13.2. The molecule has 2 aliphatic carbocycles. The van der Waals surface area contributed by atoms with Crippen LogP contribution in [0.4, 0.5) is 0 Å². The van der Waals surface area contributed by atoms with E-state index in [1.54, 1.807) is 0 Å². The zero-order chi connectivity index (χ0) is 13.6. The zero-order valence-corrected chi connectivity index (χ0v) is 13.2. The van der Waals surface area contributed by atoms with Gasteiger partial charge in [-0.15, -0.1) is 11.3 Å². The fourth-order valence-corrected chi connectivity index (χ4v) is 4.93. The molecule has 0 bridgehead atoms. The highest BCUT2D eigenvalue weighted by Crippen LogP contribution is 2.47. The van der Waals surface area contributed by atoms with E-state index in [0.717, 1.165) is 12.5 Å². The molecule has 0 radical (unpaired) electrons. The van der Waals surface area contributed by atoms with Crippen molar-refractivity contribution in [2.45, 2.75) is 63.1 Å². The van der Waals surface area contributed by atoms with E-state index in [-0.39, 0.29) is 0 Å². The lowest BCUT2D eigenvalue weighted by molar-refractivity contribution is -0.00314. The Kier molecular flexibility index (Phi) is 3.17. The fourth-order valence-electron chi connectivity index (χ4n) is 4.32. The maximum Gasteiger partial charge on any atom is 0.0794 e. The average molecular weight is 291 g/mol. The summed E-state index contributed by atoms with van der Waals surface area (Å²) in [6.07, 6.45) is 10.4. The third kappa shape index (κ3) is 2.22. The summed E-state index contributed by atoms with van der Waals surface area (Å²) >= 11 is 1.81. The first-order valence-corrected chi connectivity index (χ1v) is 8.96. The number of piperazine rings is 1. The number of rotatable bonds is 3. The molecule has 1 atom stereocenters. The lowest BCUT2D eigenvalue weighted by Gasteiger charge is -2.53. The SMILES string of the molecule is CC1(C2CC2)CNC2(CCCC2)CN1Cc1cncs1. The third-order valence-corrected chi connectivity index (χ3v) is 6.65. The van der Waals surface area contributed by atoms with E-state index < -0.39 is 0 Å². The number of hydrogen-bond acceptors (Lipinski definition) is 4. The highest BCUT2D eigenvalue weighted by molar-refractivity contribution is 7.09. The van der Waals surface area contributed by atoms with Crippen LogP contribution < -0.4 is 5.32 Å². The second kappa shape index (κ2) is 4.79. The summed E-state index contributed by atoms with van der Waals surface area (Å²) in [5.41, 5.74) is 2.74. The van der Waals surface area contributed by atoms with E-state index in [4.69, 9.17) is 0 Å². The van der Waals surface area contributed by atoms with Gasteiger partial charge in [-0.05, 0) is 38.5 Å². The Morgan fingerprint density at radius 3 is 2.85 bits per heavy atom. The Bertz CT molecular complexity index is 462. The van der Waals surface area contributed by atoms with Crippen molar-refractivity contribution in [1.82, 2.24) is 15.2 Å². The number of nitrogens with zero attached hydrogens (tertiary/aromatic N) is 2. The van der Waals surface area contributed by atoms with Crippen LogP contribution in [0.3, 0.4) is 0 Å². The highest BCUT2D eigenvalue weighted by Gasteiger charge is 2.52. The standard InChI is InChI=1S/C16H25N3S/c1-15(13-4-5-13)10-18-16(6-2-3-7-16)11-19(15)9-14-8-17-12-20-14/h8,12-13,18H,2-7,9-11H2,1H3. The predicted molar refractivity (Wildman–Crippen MR) is 82.9 cm³/mol. The van der Waals surface area contributed by atoms with Crippen molar-refractivity contribution in [2.75, 3.05) is 13.1 Å². The predicted octanol–water partition coefficient (Wildman–Crippen LogP) is 3.03. The molecule has 1 aromatic heterocycles. The monoisotopic (exact) mass is 291 g/mol. The van der Waals surface area contributed by atoms with Crippen LogP contribution in [0.1, 0.15) is 50.3 Å². The van der Waals surface area contributed by atoms with Crippen molar-refractivity contribution in [2.24, 2.45) is 5.92 Å². The van der Waals surface area contributed by atoms with Crippen LogP contribution in [-0.4, -0.2) is 34.1 Å². The Morgan fingerprint density at radius 1 is 1.40 bits per heavy atom. The van der Waals surface area contributed by atoms with Gasteiger partial charge in [0.2, 0.25) is 0 Å². The molecule has 3 fully saturated rings. The molecule has 1 spiro atoms. The summed E-state index contributed by atoms with van der Waals surface area (Å²) < 4.78 is 0. The van der Waals surface area contributed by atoms with Crippen molar-refractivity contribution in [3.8, 4) is 0 Å². The molecule has 4 rings (SSSR count). The van der Waals surface area contributed by atoms with Gasteiger partial charge in [-0.2, -0.15) is 0 Å². The molecule has 4 heteroatoms. The molecular formula is C16H25N3S. The van der Waals surface area contributed by atoms with Gasteiger partial charge < -0.3 is 5.32 Å². The normalized spacial score (nSPS) is 33.9. The summed E-state index contributed by atoms with van der Waals surface area (Å²) in [7, 11) is 0. The van der Waals surface area contributed by atoms with Crippen LogP contribution in [0.15, 0.2) is 11.7 Å².